The highest BCUT2D eigenvalue weighted by molar-refractivity contribution is 6.24. The van der Waals surface area contributed by atoms with Crippen LogP contribution in [0, 0.1) is 22.7 Å². The van der Waals surface area contributed by atoms with Crippen LogP contribution in [0.1, 0.15) is 11.1 Å². The molecule has 0 aliphatic rings. The molecule has 17 rings (SSSR count). The second kappa shape index (κ2) is 20.2. The molecule has 0 radical (unpaired) electrons. The fourth-order valence-corrected chi connectivity index (χ4v) is 13.9. The van der Waals surface area contributed by atoms with Crippen LogP contribution in [0.3, 0.4) is 0 Å². The number of para-hydroxylation sites is 8. The Bertz CT molecular complexity index is 5260. The minimum atomic E-state index is 0.413. The molecule has 0 saturated carbocycles. The number of aromatic nitrogens is 4. The highest BCUT2D eigenvalue weighted by Gasteiger charge is 2.28. The molecule has 0 aliphatic heterocycles. The number of benzene rings is 13. The van der Waals surface area contributed by atoms with E-state index < -0.39 is 0 Å². The Morgan fingerprint density at radius 3 is 0.886 bits per heavy atom. The van der Waals surface area contributed by atoms with Gasteiger partial charge in [-0.25, -0.2) is 0 Å². The van der Waals surface area contributed by atoms with Crippen molar-refractivity contribution in [2.24, 2.45) is 0 Å². The van der Waals surface area contributed by atoms with Crippen molar-refractivity contribution in [3.05, 3.63) is 314 Å². The van der Waals surface area contributed by atoms with Crippen molar-refractivity contribution < 1.29 is 0 Å². The van der Waals surface area contributed by atoms with Crippen LogP contribution in [-0.2, 0) is 0 Å². The summed E-state index contributed by atoms with van der Waals surface area (Å²) in [5.41, 5.74) is 18.0. The topological polar surface area (TPSA) is 73.8 Å². The molecule has 4 aromatic heterocycles. The first-order chi connectivity index (χ1) is 43.6. The number of fused-ring (bicyclic) bond motifs is 12. The summed E-state index contributed by atoms with van der Waals surface area (Å²) in [7, 11) is 0. The summed E-state index contributed by atoms with van der Waals surface area (Å²) in [6.07, 6.45) is 0. The van der Waals surface area contributed by atoms with Crippen LogP contribution in [-0.4, -0.2) is 18.3 Å². The lowest BCUT2D eigenvalue weighted by Crippen LogP contribution is -2.10. The maximum absolute atomic E-state index is 11.9. The lowest BCUT2D eigenvalue weighted by molar-refractivity contribution is 1.12. The third kappa shape index (κ3) is 7.63. The van der Waals surface area contributed by atoms with E-state index in [2.05, 4.69) is 307 Å². The van der Waals surface area contributed by atoms with Gasteiger partial charge >= 0.3 is 0 Å². The fraction of sp³-hybridized carbons (Fsp3) is 0. The van der Waals surface area contributed by atoms with Crippen molar-refractivity contribution in [3.8, 4) is 34.9 Å². The summed E-state index contributed by atoms with van der Waals surface area (Å²) < 4.78 is 9.16. The Labute approximate surface area is 506 Å². The van der Waals surface area contributed by atoms with Crippen LogP contribution in [0.15, 0.2) is 303 Å². The molecule has 0 unspecified atom stereocenters. The lowest BCUT2D eigenvalue weighted by atomic mass is 10.1. The molecule has 410 valence electrons. The predicted octanol–water partition coefficient (Wildman–Crippen LogP) is 20.8. The zero-order valence-corrected chi connectivity index (χ0v) is 47.4. The lowest BCUT2D eigenvalue weighted by Gasteiger charge is -2.26. The first-order valence-corrected chi connectivity index (χ1v) is 29.5. The molecule has 0 N–H and O–H groups in total. The zero-order chi connectivity index (χ0) is 58.4. The van der Waals surface area contributed by atoms with Gasteiger partial charge in [0, 0.05) is 77.2 Å². The Balaban J connectivity index is 0.984. The van der Waals surface area contributed by atoms with E-state index in [4.69, 9.17) is 0 Å². The van der Waals surface area contributed by atoms with Crippen LogP contribution >= 0.6 is 0 Å². The predicted molar refractivity (Wildman–Crippen MR) is 363 cm³/mol. The molecule has 4 heterocycles. The molecule has 0 fully saturated rings. The standard InChI is InChI=1S/C80H50N8/c81-51-53-46-74(88-72-44-24-42-70(84(57-29-11-3-12-30-57)58-31-13-4-14-32-58)80(72)66-50-76-64(48-78(66)88)62-38-20-22-40-68(62)86(76)60-35-17-6-18-36-60)54(52-82)45-73(53)87-71-43-23-41-69(83(55-25-7-1-8-26-55)56-27-9-2-10-28-56)79(71)65-49-75-63(47-77(65)87)61-37-19-21-39-67(61)85(75)59-33-15-5-16-34-59/h1-50H. The molecule has 13 aromatic carbocycles. The number of nitrogens with zero attached hydrogens (tertiary/aromatic N) is 8. The van der Waals surface area contributed by atoms with E-state index in [1.165, 1.54) is 0 Å². The van der Waals surface area contributed by atoms with Gasteiger partial charge in [-0.2, -0.15) is 10.5 Å². The van der Waals surface area contributed by atoms with Crippen molar-refractivity contribution in [1.82, 2.24) is 18.3 Å². The van der Waals surface area contributed by atoms with Crippen LogP contribution in [0.25, 0.3) is 110 Å². The number of nitriles is 2. The van der Waals surface area contributed by atoms with Crippen molar-refractivity contribution in [2.45, 2.75) is 0 Å². The number of hydrogen-bond donors (Lipinski definition) is 0. The van der Waals surface area contributed by atoms with Gasteiger partial charge in [-0.15, -0.1) is 0 Å². The molecule has 0 amide bonds. The van der Waals surface area contributed by atoms with E-state index in [0.29, 0.717) is 22.5 Å². The monoisotopic (exact) mass is 1120 g/mol. The number of hydrogen-bond acceptors (Lipinski definition) is 4. The van der Waals surface area contributed by atoms with Crippen LogP contribution in [0.5, 0.6) is 0 Å². The molecular formula is C80H50N8. The number of rotatable bonds is 10. The summed E-state index contributed by atoms with van der Waals surface area (Å²) in [4.78, 5) is 4.64. The molecular weight excluding hydrogens is 1070 g/mol. The summed E-state index contributed by atoms with van der Waals surface area (Å²) >= 11 is 0. The highest BCUT2D eigenvalue weighted by atomic mass is 15.2. The van der Waals surface area contributed by atoms with E-state index in [-0.39, 0.29) is 0 Å². The van der Waals surface area contributed by atoms with Gasteiger partial charge in [0.05, 0.1) is 78.0 Å². The van der Waals surface area contributed by atoms with Gasteiger partial charge in [0.2, 0.25) is 0 Å². The van der Waals surface area contributed by atoms with Crippen LogP contribution < -0.4 is 9.80 Å². The van der Waals surface area contributed by atoms with Gasteiger partial charge in [0.25, 0.3) is 0 Å². The van der Waals surface area contributed by atoms with Gasteiger partial charge in [-0.3, -0.25) is 0 Å². The largest absolute Gasteiger partial charge is 0.310 e. The Morgan fingerprint density at radius 2 is 0.534 bits per heavy atom. The van der Waals surface area contributed by atoms with E-state index in [9.17, 15) is 10.5 Å². The average Bonchev–Trinajstić information content (AvgIpc) is 2.08. The summed E-state index contributed by atoms with van der Waals surface area (Å²) in [6, 6.07) is 112. The summed E-state index contributed by atoms with van der Waals surface area (Å²) in [6.45, 7) is 0. The van der Waals surface area contributed by atoms with Crippen LogP contribution in [0.2, 0.25) is 0 Å². The van der Waals surface area contributed by atoms with E-state index in [0.717, 1.165) is 133 Å². The Kier molecular flexibility index (Phi) is 11.5. The van der Waals surface area contributed by atoms with Gasteiger partial charge in [-0.05, 0) is 146 Å². The molecule has 8 heteroatoms. The first kappa shape index (κ1) is 50.2. The molecule has 0 atom stereocenters. The quantitative estimate of drug-likeness (QED) is 0.137. The molecule has 17 aromatic rings. The zero-order valence-electron chi connectivity index (χ0n) is 47.4. The molecule has 0 bridgehead atoms. The summed E-state index contributed by atoms with van der Waals surface area (Å²) in [5, 5.41) is 32.2. The Hall–Kier alpha value is -12.4. The maximum Gasteiger partial charge on any atom is 0.101 e. The maximum atomic E-state index is 11.9. The van der Waals surface area contributed by atoms with E-state index in [1.54, 1.807) is 0 Å². The van der Waals surface area contributed by atoms with Crippen molar-refractivity contribution in [2.75, 3.05) is 9.80 Å². The molecule has 8 nitrogen and oxygen atoms in total. The fourth-order valence-electron chi connectivity index (χ4n) is 13.9. The van der Waals surface area contributed by atoms with Gasteiger partial charge in [0.15, 0.2) is 0 Å². The molecule has 0 aliphatic carbocycles. The smallest absolute Gasteiger partial charge is 0.101 e. The summed E-state index contributed by atoms with van der Waals surface area (Å²) in [5.74, 6) is 0. The molecule has 0 spiro atoms. The third-order valence-electron chi connectivity index (χ3n) is 17.5. The van der Waals surface area contributed by atoms with Crippen molar-refractivity contribution >= 4 is 121 Å². The van der Waals surface area contributed by atoms with Gasteiger partial charge in [0.1, 0.15) is 12.1 Å². The van der Waals surface area contributed by atoms with Gasteiger partial charge in [-0.1, -0.05) is 158 Å². The van der Waals surface area contributed by atoms with Crippen molar-refractivity contribution in [3.63, 3.8) is 0 Å². The minimum absolute atomic E-state index is 0.413. The highest BCUT2D eigenvalue weighted by Crippen LogP contribution is 2.50. The SMILES string of the molecule is N#Cc1cc(-n2c3cc4c5ccccc5n(-c5ccccc5)c4cc3c3c(N(c4ccccc4)c4ccccc4)cccc32)c(C#N)cc1-n1c2cc3c4ccccc4n(-c4ccccc4)c3cc2c2c(N(c3ccccc3)c3ccccc3)cccc21. The van der Waals surface area contributed by atoms with Gasteiger partial charge < -0.3 is 28.1 Å². The minimum Gasteiger partial charge on any atom is -0.310 e. The van der Waals surface area contributed by atoms with Crippen molar-refractivity contribution in [1.29, 1.82) is 10.5 Å². The van der Waals surface area contributed by atoms with E-state index >= 15 is 0 Å². The second-order valence-corrected chi connectivity index (χ2v) is 22.3. The molecule has 88 heavy (non-hydrogen) atoms. The van der Waals surface area contributed by atoms with Crippen LogP contribution in [0.4, 0.5) is 34.1 Å². The number of anilines is 6. The Morgan fingerprint density at radius 1 is 0.239 bits per heavy atom. The first-order valence-electron chi connectivity index (χ1n) is 29.5. The normalized spacial score (nSPS) is 11.6. The third-order valence-corrected chi connectivity index (χ3v) is 17.5. The average molecular weight is 1120 g/mol. The second-order valence-electron chi connectivity index (χ2n) is 22.3. The van der Waals surface area contributed by atoms with E-state index in [1.807, 2.05) is 36.4 Å². The molecule has 0 saturated heterocycles.